The van der Waals surface area contributed by atoms with Crippen LogP contribution >= 0.6 is 0 Å². The number of ether oxygens (including phenoxy) is 1. The summed E-state index contributed by atoms with van der Waals surface area (Å²) in [5, 5.41) is 13.8. The zero-order valence-corrected chi connectivity index (χ0v) is 11.8. The summed E-state index contributed by atoms with van der Waals surface area (Å²) in [7, 11) is 0. The van der Waals surface area contributed by atoms with Gasteiger partial charge in [-0.25, -0.2) is 4.99 Å². The van der Waals surface area contributed by atoms with E-state index in [2.05, 4.69) is 10.3 Å². The lowest BCUT2D eigenvalue weighted by molar-refractivity contribution is -0.384. The van der Waals surface area contributed by atoms with Crippen LogP contribution in [-0.4, -0.2) is 17.5 Å². The molecule has 1 unspecified atom stereocenters. The molecule has 1 N–H and O–H groups in total. The first kappa shape index (κ1) is 14.1. The van der Waals surface area contributed by atoms with Crippen LogP contribution in [0.15, 0.2) is 59.6 Å². The first-order valence-corrected chi connectivity index (χ1v) is 6.95. The molecule has 0 radical (unpaired) electrons. The Morgan fingerprint density at radius 2 is 2.05 bits per heavy atom. The lowest BCUT2D eigenvalue weighted by Gasteiger charge is -2.12. The van der Waals surface area contributed by atoms with E-state index in [1.54, 1.807) is 6.07 Å². The normalized spacial score (nSPS) is 16.7. The number of non-ortho nitro benzene ring substituents is 1. The van der Waals surface area contributed by atoms with Crippen molar-refractivity contribution in [3.8, 4) is 0 Å². The minimum atomic E-state index is -0.404. The molecule has 1 aliphatic heterocycles. The average molecular weight is 297 g/mol. The van der Waals surface area contributed by atoms with Crippen molar-refractivity contribution in [3.63, 3.8) is 0 Å². The summed E-state index contributed by atoms with van der Waals surface area (Å²) in [6, 6.07) is 16.9. The van der Waals surface area contributed by atoms with Gasteiger partial charge in [0.05, 0.1) is 11.5 Å². The molecule has 0 aliphatic carbocycles. The Hall–Kier alpha value is -2.89. The highest BCUT2D eigenvalue weighted by molar-refractivity contribution is 5.75. The minimum Gasteiger partial charge on any atom is -0.455 e. The van der Waals surface area contributed by atoms with E-state index in [0.717, 1.165) is 11.1 Å². The van der Waals surface area contributed by atoms with E-state index in [1.807, 2.05) is 36.4 Å². The van der Waals surface area contributed by atoms with Crippen molar-refractivity contribution in [1.29, 1.82) is 0 Å². The van der Waals surface area contributed by atoms with Crippen LogP contribution in [0.25, 0.3) is 0 Å². The molecule has 2 aromatic rings. The van der Waals surface area contributed by atoms with Gasteiger partial charge in [-0.1, -0.05) is 42.5 Å². The fourth-order valence-electron chi connectivity index (χ4n) is 2.27. The third-order valence-electron chi connectivity index (χ3n) is 3.39. The number of hydrogen-bond acceptors (Lipinski definition) is 5. The van der Waals surface area contributed by atoms with Gasteiger partial charge in [-0.2, -0.15) is 0 Å². The number of benzene rings is 2. The van der Waals surface area contributed by atoms with Crippen molar-refractivity contribution in [1.82, 2.24) is 5.32 Å². The van der Waals surface area contributed by atoms with E-state index in [4.69, 9.17) is 4.74 Å². The monoisotopic (exact) mass is 297 g/mol. The highest BCUT2D eigenvalue weighted by atomic mass is 16.6. The lowest BCUT2D eigenvalue weighted by atomic mass is 10.1. The summed E-state index contributed by atoms with van der Waals surface area (Å²) in [5.41, 5.74) is 1.97. The minimum absolute atomic E-state index is 0.0752. The number of hydrogen-bond donors (Lipinski definition) is 1. The molecule has 0 amide bonds. The van der Waals surface area contributed by atoms with Gasteiger partial charge in [0, 0.05) is 18.7 Å². The van der Waals surface area contributed by atoms with Crippen LogP contribution < -0.4 is 5.32 Å². The average Bonchev–Trinajstić information content (AvgIpc) is 3.03. The number of rotatable bonds is 4. The van der Waals surface area contributed by atoms with Gasteiger partial charge in [0.15, 0.2) is 0 Å². The molecule has 6 nitrogen and oxygen atoms in total. The second-order valence-corrected chi connectivity index (χ2v) is 4.94. The molecule has 1 atom stereocenters. The fourth-order valence-corrected chi connectivity index (χ4v) is 2.27. The van der Waals surface area contributed by atoms with E-state index in [-0.39, 0.29) is 11.8 Å². The number of amidine groups is 1. The van der Waals surface area contributed by atoms with Crippen molar-refractivity contribution in [2.45, 2.75) is 12.6 Å². The van der Waals surface area contributed by atoms with Crippen LogP contribution in [0.5, 0.6) is 0 Å². The second kappa shape index (κ2) is 6.26. The number of nitrogens with one attached hydrogen (secondary N) is 1. The van der Waals surface area contributed by atoms with Crippen molar-refractivity contribution in [3.05, 3.63) is 75.8 Å². The molecule has 1 aliphatic rings. The molecular formula is C16H15N3O3. The van der Waals surface area contributed by atoms with E-state index in [1.165, 1.54) is 12.1 Å². The maximum atomic E-state index is 10.8. The lowest BCUT2D eigenvalue weighted by Crippen LogP contribution is -2.23. The first-order chi connectivity index (χ1) is 10.7. The van der Waals surface area contributed by atoms with Crippen molar-refractivity contribution < 1.29 is 9.66 Å². The molecule has 0 spiro atoms. The molecule has 0 saturated heterocycles. The summed E-state index contributed by atoms with van der Waals surface area (Å²) in [6.45, 7) is 1.00. The van der Waals surface area contributed by atoms with Crippen LogP contribution in [0.1, 0.15) is 17.2 Å². The van der Waals surface area contributed by atoms with Gasteiger partial charge in [-0.3, -0.25) is 10.1 Å². The summed E-state index contributed by atoms with van der Waals surface area (Å²) in [4.78, 5) is 14.7. The van der Waals surface area contributed by atoms with Gasteiger partial charge in [-0.15, -0.1) is 0 Å². The predicted molar refractivity (Wildman–Crippen MR) is 82.5 cm³/mol. The SMILES string of the molecule is O=[N+]([O-])c1cccc(CNC2=NCC(c3ccccc3)O2)c1. The van der Waals surface area contributed by atoms with Crippen LogP contribution in [0, 0.1) is 10.1 Å². The molecular weight excluding hydrogens is 282 g/mol. The third-order valence-corrected chi connectivity index (χ3v) is 3.39. The van der Waals surface area contributed by atoms with Gasteiger partial charge in [-0.05, 0) is 11.1 Å². The Labute approximate surface area is 127 Å². The number of nitro groups is 1. The number of aliphatic imine (C=N–C) groups is 1. The molecule has 0 fully saturated rings. The van der Waals surface area contributed by atoms with Gasteiger partial charge in [0.1, 0.15) is 6.10 Å². The van der Waals surface area contributed by atoms with Gasteiger partial charge in [0.25, 0.3) is 11.7 Å². The molecule has 0 aromatic heterocycles. The summed E-state index contributed by atoms with van der Waals surface area (Å²) >= 11 is 0. The van der Waals surface area contributed by atoms with Gasteiger partial charge in [0.2, 0.25) is 0 Å². The Balaban J connectivity index is 1.57. The molecule has 2 aromatic carbocycles. The van der Waals surface area contributed by atoms with Crippen molar-refractivity contribution in [2.24, 2.45) is 4.99 Å². The smallest absolute Gasteiger partial charge is 0.285 e. The second-order valence-electron chi connectivity index (χ2n) is 4.94. The zero-order chi connectivity index (χ0) is 15.4. The first-order valence-electron chi connectivity index (χ1n) is 6.95. The zero-order valence-electron chi connectivity index (χ0n) is 11.8. The Morgan fingerprint density at radius 1 is 1.23 bits per heavy atom. The molecule has 3 rings (SSSR count). The Bertz CT molecular complexity index is 701. The number of nitro benzene ring substituents is 1. The fraction of sp³-hybridized carbons (Fsp3) is 0.188. The molecule has 22 heavy (non-hydrogen) atoms. The summed E-state index contributed by atoms with van der Waals surface area (Å²) in [5.74, 6) is 0. The molecule has 6 heteroatoms. The van der Waals surface area contributed by atoms with E-state index in [0.29, 0.717) is 19.1 Å². The van der Waals surface area contributed by atoms with Gasteiger partial charge < -0.3 is 10.1 Å². The summed E-state index contributed by atoms with van der Waals surface area (Å²) < 4.78 is 5.75. The van der Waals surface area contributed by atoms with E-state index < -0.39 is 4.92 Å². The van der Waals surface area contributed by atoms with E-state index >= 15 is 0 Å². The molecule has 112 valence electrons. The van der Waals surface area contributed by atoms with Crippen LogP contribution in [0.3, 0.4) is 0 Å². The highest BCUT2D eigenvalue weighted by Gasteiger charge is 2.21. The Kier molecular flexibility index (Phi) is 4.00. The quantitative estimate of drug-likeness (QED) is 0.695. The molecule has 0 bridgehead atoms. The van der Waals surface area contributed by atoms with Crippen LogP contribution in [0.2, 0.25) is 0 Å². The maximum Gasteiger partial charge on any atom is 0.285 e. The largest absolute Gasteiger partial charge is 0.455 e. The highest BCUT2D eigenvalue weighted by Crippen LogP contribution is 2.22. The van der Waals surface area contributed by atoms with Crippen molar-refractivity contribution in [2.75, 3.05) is 6.54 Å². The molecule has 0 saturated carbocycles. The van der Waals surface area contributed by atoms with Crippen molar-refractivity contribution >= 4 is 11.7 Å². The van der Waals surface area contributed by atoms with Crippen LogP contribution in [0.4, 0.5) is 5.69 Å². The number of nitrogens with zero attached hydrogens (tertiary/aromatic N) is 2. The van der Waals surface area contributed by atoms with Crippen LogP contribution in [-0.2, 0) is 11.3 Å². The predicted octanol–water partition coefficient (Wildman–Crippen LogP) is 2.81. The third kappa shape index (κ3) is 3.22. The molecule has 1 heterocycles. The topological polar surface area (TPSA) is 76.8 Å². The summed E-state index contributed by atoms with van der Waals surface area (Å²) in [6.07, 6.45) is -0.0752. The van der Waals surface area contributed by atoms with Gasteiger partial charge >= 0.3 is 0 Å². The maximum absolute atomic E-state index is 10.8. The van der Waals surface area contributed by atoms with E-state index in [9.17, 15) is 10.1 Å². The Morgan fingerprint density at radius 3 is 2.82 bits per heavy atom. The standard InChI is InChI=1S/C16H15N3O3/c20-19(21)14-8-4-5-12(9-14)10-17-16-18-11-15(22-16)13-6-2-1-3-7-13/h1-9,15H,10-11H2,(H,17,18).